The molecule has 1 aromatic carbocycles. The van der Waals surface area contributed by atoms with Crippen LogP contribution in [0.25, 0.3) is 0 Å². The Morgan fingerprint density at radius 1 is 1.33 bits per heavy atom. The van der Waals surface area contributed by atoms with E-state index in [0.29, 0.717) is 5.56 Å². The van der Waals surface area contributed by atoms with Gasteiger partial charge in [0.15, 0.2) is 28.2 Å². The zero-order chi connectivity index (χ0) is 22.6. The summed E-state index contributed by atoms with van der Waals surface area (Å²) < 4.78 is 26.7. The van der Waals surface area contributed by atoms with Crippen molar-refractivity contribution in [2.45, 2.75) is 43.5 Å². The van der Waals surface area contributed by atoms with Crippen LogP contribution in [-0.2, 0) is 31.5 Å². The number of rotatable bonds is 9. The number of carbonyl (C=O) groups is 3. The molecule has 1 aromatic rings. The van der Waals surface area contributed by atoms with Crippen LogP contribution in [0.1, 0.15) is 25.8 Å². The Hall–Kier alpha value is -3.02. The van der Waals surface area contributed by atoms with E-state index in [1.165, 1.54) is 12.1 Å². The van der Waals surface area contributed by atoms with E-state index in [1.54, 1.807) is 13.0 Å². The van der Waals surface area contributed by atoms with Gasteiger partial charge in [0.1, 0.15) is 11.4 Å². The highest BCUT2D eigenvalue weighted by atomic mass is 32.2. The second-order valence-corrected chi connectivity index (χ2v) is 8.82. The topological polar surface area (TPSA) is 171 Å². The molecule has 2 amide bonds. The van der Waals surface area contributed by atoms with Gasteiger partial charge in [-0.1, -0.05) is 6.07 Å². The van der Waals surface area contributed by atoms with Crippen molar-refractivity contribution in [2.24, 2.45) is 0 Å². The van der Waals surface area contributed by atoms with Crippen molar-refractivity contribution in [3.05, 3.63) is 23.8 Å². The van der Waals surface area contributed by atoms with Gasteiger partial charge >= 0.3 is 12.1 Å². The van der Waals surface area contributed by atoms with Crippen molar-refractivity contribution in [3.63, 3.8) is 0 Å². The maximum atomic E-state index is 12.0. The molecule has 0 spiro atoms. The van der Waals surface area contributed by atoms with E-state index >= 15 is 0 Å². The third kappa shape index (κ3) is 4.93. The number of ether oxygens (including phenoxy) is 1. The molecule has 0 bridgehead atoms. The number of carbonyl (C=O) groups excluding carboxylic acids is 2. The molecule has 0 aromatic heterocycles. The van der Waals surface area contributed by atoms with Crippen LogP contribution in [0.4, 0.5) is 4.79 Å². The van der Waals surface area contributed by atoms with Gasteiger partial charge < -0.3 is 30.3 Å². The molecule has 0 radical (unpaired) electrons. The molecule has 11 nitrogen and oxygen atoms in total. The van der Waals surface area contributed by atoms with Gasteiger partial charge in [-0.2, -0.15) is 0 Å². The summed E-state index contributed by atoms with van der Waals surface area (Å²) in [5.41, 5.74) is 0.620. The molecule has 0 aliphatic carbocycles. The molecule has 30 heavy (non-hydrogen) atoms. The fraction of sp³-hybridized carbons (Fsp3) is 0.500. The molecule has 4 N–H and O–H groups in total. The predicted octanol–water partition coefficient (Wildman–Crippen LogP) is -0.189. The zero-order valence-electron chi connectivity index (χ0n) is 16.4. The highest BCUT2D eigenvalue weighted by Crippen LogP contribution is 2.30. The maximum Gasteiger partial charge on any atom is 0.407 e. The number of amides is 2. The third-order valence-electron chi connectivity index (χ3n) is 4.97. The summed E-state index contributed by atoms with van der Waals surface area (Å²) in [4.78, 5) is 36.5. The summed E-state index contributed by atoms with van der Waals surface area (Å²) in [6, 6.07) is 2.03. The lowest BCUT2D eigenvalue weighted by atomic mass is 9.92. The highest BCUT2D eigenvalue weighted by molar-refractivity contribution is 7.74. The quantitative estimate of drug-likeness (QED) is 0.197. The van der Waals surface area contributed by atoms with Gasteiger partial charge in [0.2, 0.25) is 5.91 Å². The van der Waals surface area contributed by atoms with Crippen LogP contribution >= 0.6 is 0 Å². The second kappa shape index (κ2) is 9.20. The monoisotopic (exact) mass is 444 g/mol. The smallest absolute Gasteiger partial charge is 0.407 e. The molecular formula is C18H24N2O9S. The van der Waals surface area contributed by atoms with Crippen LogP contribution in [-0.4, -0.2) is 76.6 Å². The van der Waals surface area contributed by atoms with Gasteiger partial charge in [0.25, 0.3) is 0 Å². The molecule has 0 unspecified atom stereocenters. The minimum Gasteiger partial charge on any atom is -0.504 e. The van der Waals surface area contributed by atoms with Crippen LogP contribution < -0.4 is 5.32 Å². The van der Waals surface area contributed by atoms with Gasteiger partial charge in [-0.3, -0.25) is 4.79 Å². The average molecular weight is 444 g/mol. The number of phenolic OH excluding ortho intramolecular Hbond substituents is 2. The zero-order valence-corrected chi connectivity index (χ0v) is 17.3. The Morgan fingerprint density at radius 2 is 2.00 bits per heavy atom. The predicted molar refractivity (Wildman–Crippen MR) is 104 cm³/mol. The minimum atomic E-state index is -3.38. The fourth-order valence-electron chi connectivity index (χ4n) is 3.20. The molecule has 166 valence electrons. The molecule has 1 heterocycles. The van der Waals surface area contributed by atoms with E-state index in [4.69, 9.17) is 4.74 Å². The highest BCUT2D eigenvalue weighted by Gasteiger charge is 2.53. The number of carboxylic acid groups (broad SMARTS) is 1. The summed E-state index contributed by atoms with van der Waals surface area (Å²) in [6.45, 7) is 2.03. The van der Waals surface area contributed by atoms with Crippen LogP contribution in [0.3, 0.4) is 0 Å². The number of phenols is 2. The first-order valence-electron chi connectivity index (χ1n) is 9.07. The summed E-state index contributed by atoms with van der Waals surface area (Å²) in [5, 5.41) is 30.7. The van der Waals surface area contributed by atoms with Crippen molar-refractivity contribution >= 4 is 28.7 Å². The minimum absolute atomic E-state index is 0.0767. The van der Waals surface area contributed by atoms with E-state index in [-0.39, 0.29) is 30.9 Å². The molecular weight excluding hydrogens is 420 g/mol. The summed E-state index contributed by atoms with van der Waals surface area (Å²) >= 11 is 0. The lowest BCUT2D eigenvalue weighted by Crippen LogP contribution is -2.67. The molecule has 0 saturated carbocycles. The number of alkyl carbamates (subject to hydrolysis) is 1. The van der Waals surface area contributed by atoms with E-state index in [0.717, 1.165) is 11.8 Å². The number of aromatic hydroxyl groups is 2. The van der Waals surface area contributed by atoms with Crippen LogP contribution in [0.5, 0.6) is 11.5 Å². The van der Waals surface area contributed by atoms with Crippen molar-refractivity contribution in [2.75, 3.05) is 13.2 Å². The first kappa shape index (κ1) is 23.3. The van der Waals surface area contributed by atoms with Gasteiger partial charge in [-0.15, -0.1) is 0 Å². The summed E-state index contributed by atoms with van der Waals surface area (Å²) in [7, 11) is -3.38. The van der Waals surface area contributed by atoms with Gasteiger partial charge in [0.05, 0.1) is 0 Å². The van der Waals surface area contributed by atoms with E-state index in [9.17, 15) is 38.1 Å². The van der Waals surface area contributed by atoms with E-state index in [1.807, 2.05) is 0 Å². The standard InChI is InChI=1S/C18H24N2O9S/c1-10-7-14(23)20(10)15(16(24)25)18(2,30(27)28)9-29-17(26)19-6-5-11-3-4-12(21)13(22)8-11/h3-4,8,10,15,21-22,30H,5-7,9H2,1-2H3,(H,19,26)(H,24,25)/t10-,15+,18+/m1/s1. The Balaban J connectivity index is 1.98. The number of nitrogens with zero attached hydrogens (tertiary/aromatic N) is 1. The number of hydrogen-bond donors (Lipinski definition) is 5. The first-order chi connectivity index (χ1) is 14.0. The van der Waals surface area contributed by atoms with Crippen molar-refractivity contribution in [3.8, 4) is 11.5 Å². The number of nitrogens with one attached hydrogen (secondary N) is 1. The Kier molecular flexibility index (Phi) is 7.13. The molecule has 1 aliphatic heterocycles. The van der Waals surface area contributed by atoms with Crippen LogP contribution in [0, 0.1) is 0 Å². The van der Waals surface area contributed by atoms with Crippen LogP contribution in [0.15, 0.2) is 18.2 Å². The molecule has 2 rings (SSSR count). The largest absolute Gasteiger partial charge is 0.504 e. The second-order valence-electron chi connectivity index (χ2n) is 7.29. The number of β-lactam (4-membered cyclic amide) rings is 1. The first-order valence-corrected chi connectivity index (χ1v) is 10.2. The average Bonchev–Trinajstić information content (AvgIpc) is 2.66. The Morgan fingerprint density at radius 3 is 2.50 bits per heavy atom. The normalized spacial score (nSPS) is 19.0. The number of likely N-dealkylation sites (tertiary alicyclic amines) is 1. The lowest BCUT2D eigenvalue weighted by Gasteiger charge is -2.46. The fourth-order valence-corrected chi connectivity index (χ4v) is 3.81. The summed E-state index contributed by atoms with van der Waals surface area (Å²) in [6.07, 6.45) is -0.565. The van der Waals surface area contributed by atoms with Crippen LogP contribution in [0.2, 0.25) is 0 Å². The van der Waals surface area contributed by atoms with E-state index in [2.05, 4.69) is 5.32 Å². The Bertz CT molecular complexity index is 909. The van der Waals surface area contributed by atoms with Crippen molar-refractivity contribution in [1.29, 1.82) is 0 Å². The molecule has 12 heteroatoms. The number of aliphatic carboxylic acids is 1. The molecule has 3 atom stereocenters. The molecule has 1 fully saturated rings. The number of hydrogen-bond acceptors (Lipinski definition) is 8. The molecule has 1 saturated heterocycles. The third-order valence-corrected chi connectivity index (χ3v) is 6.18. The van der Waals surface area contributed by atoms with Gasteiger partial charge in [0, 0.05) is 19.0 Å². The van der Waals surface area contributed by atoms with Gasteiger partial charge in [-0.05, 0) is 38.0 Å². The number of carboxylic acids is 1. The van der Waals surface area contributed by atoms with E-state index < -0.39 is 52.1 Å². The Labute approximate surface area is 174 Å². The number of benzene rings is 1. The number of thiol groups is 1. The maximum absolute atomic E-state index is 12.0. The molecule has 1 aliphatic rings. The lowest BCUT2D eigenvalue weighted by molar-refractivity contribution is -0.163. The van der Waals surface area contributed by atoms with Crippen molar-refractivity contribution in [1.82, 2.24) is 10.2 Å². The van der Waals surface area contributed by atoms with Crippen molar-refractivity contribution < 1.29 is 42.9 Å². The van der Waals surface area contributed by atoms with Gasteiger partial charge in [-0.25, -0.2) is 18.0 Å². The SMILES string of the molecule is C[C@@H]1CC(=O)N1[C@@H](C(=O)O)[C@](C)(COC(=O)NCCc1ccc(O)c(O)c1)[SH](=O)=O. The summed E-state index contributed by atoms with van der Waals surface area (Å²) in [5.74, 6) is -2.58.